The van der Waals surface area contributed by atoms with E-state index in [9.17, 15) is 19.2 Å². The molecule has 24 heavy (non-hydrogen) atoms. The van der Waals surface area contributed by atoms with Crippen LogP contribution in [0.1, 0.15) is 39.0 Å². The van der Waals surface area contributed by atoms with E-state index in [4.69, 9.17) is 16.6 Å². The summed E-state index contributed by atoms with van der Waals surface area (Å²) in [5, 5.41) is 13.9. The highest BCUT2D eigenvalue weighted by molar-refractivity contribution is 7.80. The van der Waals surface area contributed by atoms with Crippen LogP contribution in [0.5, 0.6) is 0 Å². The van der Waals surface area contributed by atoms with Crippen LogP contribution in [-0.4, -0.2) is 52.7 Å². The average molecular weight is 362 g/mol. The number of primary amides is 1. The summed E-state index contributed by atoms with van der Waals surface area (Å²) >= 11 is 3.92. The average Bonchev–Trinajstić information content (AvgIpc) is 2.53. The highest BCUT2D eigenvalue weighted by atomic mass is 32.1. The molecule has 0 bridgehead atoms. The summed E-state index contributed by atoms with van der Waals surface area (Å²) in [6.07, 6.45) is 1.50. The maximum absolute atomic E-state index is 12.3. The van der Waals surface area contributed by atoms with Crippen LogP contribution in [-0.2, 0) is 19.2 Å². The summed E-state index contributed by atoms with van der Waals surface area (Å²) in [5.41, 5.74) is 10.5. The van der Waals surface area contributed by atoms with Crippen LogP contribution in [0.3, 0.4) is 0 Å². The van der Waals surface area contributed by atoms with Gasteiger partial charge in [0.1, 0.15) is 12.1 Å². The number of hydrogen-bond donors (Lipinski definition) is 6. The molecule has 0 aromatic heterocycles. The molecule has 0 saturated heterocycles. The number of amides is 3. The molecule has 3 atom stereocenters. The lowest BCUT2D eigenvalue weighted by Crippen LogP contribution is -2.54. The number of nitrogens with one attached hydrogen (secondary N) is 2. The Bertz CT molecular complexity index is 460. The molecular weight excluding hydrogens is 336 g/mol. The van der Waals surface area contributed by atoms with Crippen molar-refractivity contribution in [1.82, 2.24) is 10.6 Å². The molecule has 0 saturated carbocycles. The van der Waals surface area contributed by atoms with Crippen LogP contribution in [0.15, 0.2) is 0 Å². The molecule has 0 aromatic rings. The largest absolute Gasteiger partial charge is 0.480 e. The number of nitrogens with two attached hydrogens (primary N) is 2. The first kappa shape index (κ1) is 22.2. The van der Waals surface area contributed by atoms with Gasteiger partial charge in [0.25, 0.3) is 0 Å². The van der Waals surface area contributed by atoms with Crippen LogP contribution < -0.4 is 22.1 Å². The Morgan fingerprint density at radius 2 is 1.67 bits per heavy atom. The van der Waals surface area contributed by atoms with E-state index in [2.05, 4.69) is 23.3 Å². The van der Waals surface area contributed by atoms with Gasteiger partial charge in [-0.25, -0.2) is 4.79 Å². The monoisotopic (exact) mass is 362 g/mol. The molecule has 3 amide bonds. The van der Waals surface area contributed by atoms with Crippen molar-refractivity contribution in [3.8, 4) is 0 Å². The molecule has 0 aliphatic rings. The molecule has 0 fully saturated rings. The van der Waals surface area contributed by atoms with Crippen molar-refractivity contribution in [2.24, 2.45) is 11.5 Å². The summed E-state index contributed by atoms with van der Waals surface area (Å²) in [7, 11) is 0. The zero-order valence-electron chi connectivity index (χ0n) is 13.7. The molecule has 10 heteroatoms. The number of carboxylic acids is 1. The van der Waals surface area contributed by atoms with E-state index >= 15 is 0 Å². The van der Waals surface area contributed by atoms with Crippen LogP contribution >= 0.6 is 12.6 Å². The second-order valence-electron chi connectivity index (χ2n) is 5.40. The van der Waals surface area contributed by atoms with E-state index in [-0.39, 0.29) is 18.6 Å². The summed E-state index contributed by atoms with van der Waals surface area (Å²) in [4.78, 5) is 46.1. The van der Waals surface area contributed by atoms with Gasteiger partial charge in [0.15, 0.2) is 0 Å². The van der Waals surface area contributed by atoms with Crippen molar-refractivity contribution < 1.29 is 24.3 Å². The van der Waals surface area contributed by atoms with Gasteiger partial charge >= 0.3 is 5.97 Å². The van der Waals surface area contributed by atoms with Crippen LogP contribution in [0.4, 0.5) is 0 Å². The van der Waals surface area contributed by atoms with Gasteiger partial charge in [-0.2, -0.15) is 12.6 Å². The van der Waals surface area contributed by atoms with Gasteiger partial charge in [-0.05, 0) is 12.8 Å². The van der Waals surface area contributed by atoms with E-state index in [0.29, 0.717) is 12.8 Å². The van der Waals surface area contributed by atoms with Crippen molar-refractivity contribution in [3.05, 3.63) is 0 Å². The Morgan fingerprint density at radius 3 is 2.12 bits per heavy atom. The lowest BCUT2D eigenvalue weighted by molar-refractivity contribution is -0.142. The zero-order chi connectivity index (χ0) is 18.7. The van der Waals surface area contributed by atoms with Crippen LogP contribution in [0.25, 0.3) is 0 Å². The van der Waals surface area contributed by atoms with Gasteiger partial charge < -0.3 is 27.2 Å². The Kier molecular flexibility index (Phi) is 10.8. The van der Waals surface area contributed by atoms with E-state index < -0.39 is 41.8 Å². The van der Waals surface area contributed by atoms with Gasteiger partial charge in [0.05, 0.1) is 6.04 Å². The summed E-state index contributed by atoms with van der Waals surface area (Å²) < 4.78 is 0. The Labute approximate surface area is 146 Å². The third kappa shape index (κ3) is 8.73. The summed E-state index contributed by atoms with van der Waals surface area (Å²) in [6.45, 7) is 1.92. The molecule has 0 aliphatic heterocycles. The highest BCUT2D eigenvalue weighted by Crippen LogP contribution is 2.04. The van der Waals surface area contributed by atoms with Crippen LogP contribution in [0.2, 0.25) is 0 Å². The van der Waals surface area contributed by atoms with Crippen molar-refractivity contribution >= 4 is 36.3 Å². The molecule has 0 heterocycles. The third-order valence-electron chi connectivity index (χ3n) is 3.31. The fraction of sp³-hybridized carbons (Fsp3) is 0.714. The second-order valence-corrected chi connectivity index (χ2v) is 5.76. The summed E-state index contributed by atoms with van der Waals surface area (Å²) in [6, 6.07) is -3.03. The number of hydrogen-bond acceptors (Lipinski definition) is 6. The van der Waals surface area contributed by atoms with E-state index in [1.807, 2.05) is 6.92 Å². The molecule has 0 aromatic carbocycles. The number of carbonyl (C=O) groups is 4. The molecule has 0 radical (unpaired) electrons. The number of rotatable bonds is 12. The molecule has 0 rings (SSSR count). The maximum atomic E-state index is 12.3. The van der Waals surface area contributed by atoms with Gasteiger partial charge in [-0.3, -0.25) is 14.4 Å². The minimum atomic E-state index is -1.28. The van der Waals surface area contributed by atoms with Gasteiger partial charge in [0, 0.05) is 12.2 Å². The van der Waals surface area contributed by atoms with Gasteiger partial charge in [0.2, 0.25) is 17.7 Å². The molecule has 0 spiro atoms. The topological polar surface area (TPSA) is 165 Å². The van der Waals surface area contributed by atoms with E-state index in [0.717, 1.165) is 6.42 Å². The maximum Gasteiger partial charge on any atom is 0.326 e. The molecule has 138 valence electrons. The van der Waals surface area contributed by atoms with Gasteiger partial charge in [-0.15, -0.1) is 0 Å². The first-order valence-electron chi connectivity index (χ1n) is 7.71. The lowest BCUT2D eigenvalue weighted by atomic mass is 10.1. The molecule has 0 unspecified atom stereocenters. The predicted octanol–water partition coefficient (Wildman–Crippen LogP) is -1.25. The molecule has 0 aliphatic carbocycles. The van der Waals surface area contributed by atoms with E-state index in [1.165, 1.54) is 0 Å². The summed E-state index contributed by atoms with van der Waals surface area (Å²) in [5.74, 6) is -3.00. The minimum Gasteiger partial charge on any atom is -0.480 e. The molecular formula is C14H26N4O5S. The molecule has 7 N–H and O–H groups in total. The predicted molar refractivity (Wildman–Crippen MR) is 91.3 cm³/mol. The van der Waals surface area contributed by atoms with Crippen molar-refractivity contribution in [3.63, 3.8) is 0 Å². The molecule has 9 nitrogen and oxygen atoms in total. The smallest absolute Gasteiger partial charge is 0.326 e. The van der Waals surface area contributed by atoms with Crippen LogP contribution in [0, 0.1) is 0 Å². The van der Waals surface area contributed by atoms with Crippen molar-refractivity contribution in [2.75, 3.05) is 5.75 Å². The first-order chi connectivity index (χ1) is 11.2. The number of aliphatic carboxylic acids is 1. The number of carboxylic acid groups (broad SMARTS) is 1. The SMILES string of the molecule is CCCC[C@H](NC(=O)[C@@H](N)CS)C(=O)N[C@@H](CCC(N)=O)C(=O)O. The number of thiol groups is 1. The highest BCUT2D eigenvalue weighted by Gasteiger charge is 2.27. The minimum absolute atomic E-state index is 0.115. The third-order valence-corrected chi connectivity index (χ3v) is 3.70. The fourth-order valence-corrected chi connectivity index (χ4v) is 2.02. The van der Waals surface area contributed by atoms with E-state index in [1.54, 1.807) is 0 Å². The standard InChI is InChI=1S/C14H26N4O5S/c1-2-3-4-9(17-12(20)8(15)7-24)13(21)18-10(14(22)23)5-6-11(16)19/h8-10,24H,2-7,15H2,1H3,(H2,16,19)(H,17,20)(H,18,21)(H,22,23)/t8-,9-,10-/m0/s1. The fourth-order valence-electron chi connectivity index (χ4n) is 1.86. The Hall–Kier alpha value is -1.81. The Balaban J connectivity index is 4.90. The quantitative estimate of drug-likeness (QED) is 0.237. The number of carbonyl (C=O) groups excluding carboxylic acids is 3. The lowest BCUT2D eigenvalue weighted by Gasteiger charge is -2.22. The van der Waals surface area contributed by atoms with Crippen molar-refractivity contribution in [1.29, 1.82) is 0 Å². The van der Waals surface area contributed by atoms with Gasteiger partial charge in [-0.1, -0.05) is 19.8 Å². The normalized spacial score (nSPS) is 14.3. The first-order valence-corrected chi connectivity index (χ1v) is 8.34. The Morgan fingerprint density at radius 1 is 1.08 bits per heavy atom. The van der Waals surface area contributed by atoms with Crippen molar-refractivity contribution in [2.45, 2.75) is 57.2 Å². The zero-order valence-corrected chi connectivity index (χ0v) is 14.6. The second kappa shape index (κ2) is 11.7. The number of unbranched alkanes of at least 4 members (excludes halogenated alkanes) is 1.